The average molecular weight is 302 g/mol. The highest BCUT2D eigenvalue weighted by Gasteiger charge is 2.08. The Labute approximate surface area is 130 Å². The Hall–Kier alpha value is -1.94. The summed E-state index contributed by atoms with van der Waals surface area (Å²) >= 11 is 5.34. The van der Waals surface area contributed by atoms with Gasteiger partial charge in [-0.1, -0.05) is 24.3 Å². The van der Waals surface area contributed by atoms with E-state index in [2.05, 4.69) is 30.5 Å². The van der Waals surface area contributed by atoms with Crippen molar-refractivity contribution in [2.24, 2.45) is 0 Å². The van der Waals surface area contributed by atoms with Crippen LogP contribution in [0.4, 0.5) is 10.1 Å². The first-order chi connectivity index (χ1) is 9.97. The van der Waals surface area contributed by atoms with Crippen molar-refractivity contribution in [2.75, 3.05) is 5.32 Å². The molecule has 0 aliphatic heterocycles. The Morgan fingerprint density at radius 1 is 1.10 bits per heavy atom. The second-order valence-electron chi connectivity index (χ2n) is 5.12. The standard InChI is InChI=1S/C17H19FN2S/c1-11-5-4-6-16(12(11)2)20-17(21)19-13(3)14-7-9-15(18)10-8-14/h4-10,13H,1-3H3,(H2,19,20,21)/t13-/m0/s1. The topological polar surface area (TPSA) is 24.1 Å². The van der Waals surface area contributed by atoms with Crippen molar-refractivity contribution < 1.29 is 4.39 Å². The first-order valence-corrected chi connectivity index (χ1v) is 7.27. The summed E-state index contributed by atoms with van der Waals surface area (Å²) in [4.78, 5) is 0. The van der Waals surface area contributed by atoms with E-state index in [4.69, 9.17) is 12.2 Å². The average Bonchev–Trinajstić information content (AvgIpc) is 2.44. The lowest BCUT2D eigenvalue weighted by Crippen LogP contribution is -2.31. The molecule has 2 aromatic carbocycles. The fourth-order valence-corrected chi connectivity index (χ4v) is 2.36. The highest BCUT2D eigenvalue weighted by Crippen LogP contribution is 2.18. The number of benzene rings is 2. The van der Waals surface area contributed by atoms with Crippen LogP contribution in [0.15, 0.2) is 42.5 Å². The number of rotatable bonds is 3. The molecule has 0 saturated carbocycles. The molecule has 0 heterocycles. The zero-order valence-corrected chi connectivity index (χ0v) is 13.2. The smallest absolute Gasteiger partial charge is 0.171 e. The molecule has 110 valence electrons. The highest BCUT2D eigenvalue weighted by molar-refractivity contribution is 7.80. The molecule has 2 rings (SSSR count). The van der Waals surface area contributed by atoms with Gasteiger partial charge in [0, 0.05) is 5.69 Å². The van der Waals surface area contributed by atoms with Crippen LogP contribution in [0, 0.1) is 19.7 Å². The van der Waals surface area contributed by atoms with Gasteiger partial charge >= 0.3 is 0 Å². The lowest BCUT2D eigenvalue weighted by Gasteiger charge is -2.18. The number of nitrogens with one attached hydrogen (secondary N) is 2. The van der Waals surface area contributed by atoms with Gasteiger partial charge in [-0.05, 0) is 67.9 Å². The molecule has 4 heteroatoms. The van der Waals surface area contributed by atoms with Crippen molar-refractivity contribution in [3.05, 3.63) is 65.0 Å². The van der Waals surface area contributed by atoms with E-state index in [0.29, 0.717) is 5.11 Å². The van der Waals surface area contributed by atoms with Crippen molar-refractivity contribution in [2.45, 2.75) is 26.8 Å². The van der Waals surface area contributed by atoms with E-state index >= 15 is 0 Å². The third kappa shape index (κ3) is 4.02. The van der Waals surface area contributed by atoms with Gasteiger partial charge in [-0.3, -0.25) is 0 Å². The van der Waals surface area contributed by atoms with Crippen LogP contribution in [0.2, 0.25) is 0 Å². The van der Waals surface area contributed by atoms with E-state index in [9.17, 15) is 4.39 Å². The Morgan fingerprint density at radius 2 is 1.76 bits per heavy atom. The zero-order chi connectivity index (χ0) is 15.4. The number of thiocarbonyl (C=S) groups is 1. The van der Waals surface area contributed by atoms with Crippen LogP contribution >= 0.6 is 12.2 Å². The number of anilines is 1. The molecule has 1 atom stereocenters. The van der Waals surface area contributed by atoms with E-state index in [1.807, 2.05) is 19.1 Å². The van der Waals surface area contributed by atoms with Crippen LogP contribution in [0.5, 0.6) is 0 Å². The van der Waals surface area contributed by atoms with Crippen LogP contribution in [-0.4, -0.2) is 5.11 Å². The molecule has 0 aliphatic rings. The van der Waals surface area contributed by atoms with Crippen LogP contribution in [-0.2, 0) is 0 Å². The van der Waals surface area contributed by atoms with Crippen molar-refractivity contribution in [1.82, 2.24) is 5.32 Å². The summed E-state index contributed by atoms with van der Waals surface area (Å²) in [5.41, 5.74) is 4.38. The molecule has 0 spiro atoms. The van der Waals surface area contributed by atoms with Crippen LogP contribution in [0.1, 0.15) is 29.7 Å². The molecule has 0 fully saturated rings. The Morgan fingerprint density at radius 3 is 2.43 bits per heavy atom. The largest absolute Gasteiger partial charge is 0.356 e. The van der Waals surface area contributed by atoms with E-state index < -0.39 is 0 Å². The quantitative estimate of drug-likeness (QED) is 0.817. The van der Waals surface area contributed by atoms with Crippen molar-refractivity contribution in [3.8, 4) is 0 Å². The number of aryl methyl sites for hydroxylation is 1. The maximum absolute atomic E-state index is 12.9. The summed E-state index contributed by atoms with van der Waals surface area (Å²) < 4.78 is 12.9. The summed E-state index contributed by atoms with van der Waals surface area (Å²) in [6.07, 6.45) is 0. The van der Waals surface area contributed by atoms with Gasteiger partial charge in [0.05, 0.1) is 6.04 Å². The van der Waals surface area contributed by atoms with E-state index in [1.165, 1.54) is 23.3 Å². The van der Waals surface area contributed by atoms with Crippen LogP contribution in [0.3, 0.4) is 0 Å². The van der Waals surface area contributed by atoms with Gasteiger partial charge in [0.1, 0.15) is 5.82 Å². The van der Waals surface area contributed by atoms with Gasteiger partial charge in [0.25, 0.3) is 0 Å². The third-order valence-electron chi connectivity index (χ3n) is 3.57. The molecule has 2 aromatic rings. The van der Waals surface area contributed by atoms with E-state index in [-0.39, 0.29) is 11.9 Å². The fourth-order valence-electron chi connectivity index (χ4n) is 2.08. The predicted octanol–water partition coefficient (Wildman–Crippen LogP) is 4.49. The first-order valence-electron chi connectivity index (χ1n) is 6.86. The molecule has 0 radical (unpaired) electrons. The summed E-state index contributed by atoms with van der Waals surface area (Å²) in [6.45, 7) is 6.12. The third-order valence-corrected chi connectivity index (χ3v) is 3.79. The van der Waals surface area contributed by atoms with Gasteiger partial charge in [-0.2, -0.15) is 0 Å². The predicted molar refractivity (Wildman–Crippen MR) is 90.1 cm³/mol. The molecule has 0 aliphatic carbocycles. The fraction of sp³-hybridized carbons (Fsp3) is 0.235. The van der Waals surface area contributed by atoms with E-state index in [0.717, 1.165) is 11.3 Å². The van der Waals surface area contributed by atoms with Crippen LogP contribution in [0.25, 0.3) is 0 Å². The molecule has 0 saturated heterocycles. The van der Waals surface area contributed by atoms with Gasteiger partial charge in [-0.15, -0.1) is 0 Å². The molecule has 2 nitrogen and oxygen atoms in total. The maximum atomic E-state index is 12.9. The minimum atomic E-state index is -0.234. The molecule has 0 amide bonds. The van der Waals surface area contributed by atoms with Gasteiger partial charge in [-0.25, -0.2) is 4.39 Å². The molecule has 2 N–H and O–H groups in total. The second-order valence-corrected chi connectivity index (χ2v) is 5.53. The van der Waals surface area contributed by atoms with Gasteiger partial charge < -0.3 is 10.6 Å². The number of hydrogen-bond acceptors (Lipinski definition) is 1. The molecule has 0 unspecified atom stereocenters. The monoisotopic (exact) mass is 302 g/mol. The lowest BCUT2D eigenvalue weighted by atomic mass is 10.1. The Balaban J connectivity index is 2.01. The van der Waals surface area contributed by atoms with Crippen molar-refractivity contribution in [3.63, 3.8) is 0 Å². The summed E-state index contributed by atoms with van der Waals surface area (Å²) in [5, 5.41) is 6.97. The highest BCUT2D eigenvalue weighted by atomic mass is 32.1. The lowest BCUT2D eigenvalue weighted by molar-refractivity contribution is 0.624. The Bertz CT molecular complexity index is 638. The first kappa shape index (κ1) is 15.4. The molecular formula is C17H19FN2S. The van der Waals surface area contributed by atoms with Gasteiger partial charge in [0.2, 0.25) is 0 Å². The van der Waals surface area contributed by atoms with Gasteiger partial charge in [0.15, 0.2) is 5.11 Å². The van der Waals surface area contributed by atoms with Crippen molar-refractivity contribution >= 4 is 23.0 Å². The molecular weight excluding hydrogens is 283 g/mol. The van der Waals surface area contributed by atoms with Crippen LogP contribution < -0.4 is 10.6 Å². The molecule has 0 aromatic heterocycles. The molecule has 21 heavy (non-hydrogen) atoms. The number of hydrogen-bond donors (Lipinski definition) is 2. The minimum absolute atomic E-state index is 0.00992. The summed E-state index contributed by atoms with van der Waals surface area (Å²) in [7, 11) is 0. The summed E-state index contributed by atoms with van der Waals surface area (Å²) in [6, 6.07) is 12.5. The van der Waals surface area contributed by atoms with E-state index in [1.54, 1.807) is 12.1 Å². The van der Waals surface area contributed by atoms with Crippen molar-refractivity contribution in [1.29, 1.82) is 0 Å². The maximum Gasteiger partial charge on any atom is 0.171 e. The minimum Gasteiger partial charge on any atom is -0.356 e. The number of halogens is 1. The Kier molecular flexibility index (Phi) is 4.91. The second kappa shape index (κ2) is 6.68. The SMILES string of the molecule is Cc1cccc(NC(=S)N[C@@H](C)c2ccc(F)cc2)c1C. The molecule has 0 bridgehead atoms. The summed E-state index contributed by atoms with van der Waals surface area (Å²) in [5.74, 6) is -0.234. The zero-order valence-electron chi connectivity index (χ0n) is 12.4. The normalized spacial score (nSPS) is 11.8.